The van der Waals surface area contributed by atoms with E-state index in [1.165, 1.54) is 23.5 Å². The molecule has 3 rings (SSSR count). The molecule has 0 unspecified atom stereocenters. The van der Waals surface area contributed by atoms with Crippen LogP contribution in [-0.2, 0) is 17.8 Å². The lowest BCUT2D eigenvalue weighted by Crippen LogP contribution is -2.18. The SMILES string of the molecule is CCOc1ccc(CC(=O)N=c2sc3cc(F)ccc3n2CCSC)cc1. The summed E-state index contributed by atoms with van der Waals surface area (Å²) in [4.78, 5) is 17.4. The van der Waals surface area contributed by atoms with Crippen molar-refractivity contribution in [3.05, 3.63) is 58.6 Å². The van der Waals surface area contributed by atoms with Gasteiger partial charge in [-0.15, -0.1) is 0 Å². The summed E-state index contributed by atoms with van der Waals surface area (Å²) in [5, 5.41) is 0. The maximum atomic E-state index is 13.6. The van der Waals surface area contributed by atoms with Crippen LogP contribution in [0, 0.1) is 5.82 Å². The molecule has 0 aliphatic rings. The molecule has 0 bridgehead atoms. The predicted molar refractivity (Wildman–Crippen MR) is 110 cm³/mol. The number of amides is 1. The van der Waals surface area contributed by atoms with Crippen molar-refractivity contribution in [2.24, 2.45) is 4.99 Å². The van der Waals surface area contributed by atoms with Gasteiger partial charge in [-0.25, -0.2) is 4.39 Å². The fraction of sp³-hybridized carbons (Fsp3) is 0.300. The fourth-order valence-electron chi connectivity index (χ4n) is 2.72. The van der Waals surface area contributed by atoms with Crippen LogP contribution in [0.3, 0.4) is 0 Å². The standard InChI is InChI=1S/C20H21FN2O2S2/c1-3-25-16-7-4-14(5-8-16)12-19(24)22-20-23(10-11-26-2)17-9-6-15(21)13-18(17)27-20/h4-9,13H,3,10-12H2,1-2H3. The summed E-state index contributed by atoms with van der Waals surface area (Å²) in [6.45, 7) is 3.26. The minimum Gasteiger partial charge on any atom is -0.494 e. The zero-order valence-electron chi connectivity index (χ0n) is 15.3. The molecule has 0 aliphatic heterocycles. The number of fused-ring (bicyclic) bond motifs is 1. The highest BCUT2D eigenvalue weighted by molar-refractivity contribution is 7.98. The van der Waals surface area contributed by atoms with E-state index < -0.39 is 0 Å². The molecule has 142 valence electrons. The van der Waals surface area contributed by atoms with Gasteiger partial charge in [-0.1, -0.05) is 23.5 Å². The first kappa shape index (κ1) is 19.6. The number of halogens is 1. The maximum absolute atomic E-state index is 13.6. The van der Waals surface area contributed by atoms with Crippen molar-refractivity contribution < 1.29 is 13.9 Å². The van der Waals surface area contributed by atoms with E-state index in [2.05, 4.69) is 4.99 Å². The van der Waals surface area contributed by atoms with E-state index in [0.717, 1.165) is 33.8 Å². The highest BCUT2D eigenvalue weighted by Crippen LogP contribution is 2.19. The molecular weight excluding hydrogens is 383 g/mol. The lowest BCUT2D eigenvalue weighted by atomic mass is 10.1. The summed E-state index contributed by atoms with van der Waals surface area (Å²) in [6, 6.07) is 12.1. The summed E-state index contributed by atoms with van der Waals surface area (Å²) < 4.78 is 21.8. The molecule has 7 heteroatoms. The number of aryl methyl sites for hydroxylation is 1. The largest absolute Gasteiger partial charge is 0.494 e. The van der Waals surface area contributed by atoms with Crippen LogP contribution in [-0.4, -0.2) is 29.1 Å². The van der Waals surface area contributed by atoms with Crippen molar-refractivity contribution in [2.75, 3.05) is 18.6 Å². The monoisotopic (exact) mass is 404 g/mol. The van der Waals surface area contributed by atoms with Crippen LogP contribution in [0.5, 0.6) is 5.75 Å². The first-order valence-electron chi connectivity index (χ1n) is 8.68. The van der Waals surface area contributed by atoms with E-state index in [4.69, 9.17) is 4.74 Å². The third kappa shape index (κ3) is 4.99. The first-order valence-corrected chi connectivity index (χ1v) is 10.9. The number of thioether (sulfide) groups is 1. The molecule has 1 aromatic heterocycles. The van der Waals surface area contributed by atoms with Crippen LogP contribution in [0.1, 0.15) is 12.5 Å². The third-order valence-corrected chi connectivity index (χ3v) is 5.61. The van der Waals surface area contributed by atoms with Crippen LogP contribution in [0.2, 0.25) is 0 Å². The predicted octanol–water partition coefficient (Wildman–Crippen LogP) is 4.27. The zero-order valence-corrected chi connectivity index (χ0v) is 16.9. The molecule has 0 fully saturated rings. The van der Waals surface area contributed by atoms with Gasteiger partial charge >= 0.3 is 0 Å². The Labute approximate surface area is 165 Å². The quantitative estimate of drug-likeness (QED) is 0.591. The minimum atomic E-state index is -0.284. The summed E-state index contributed by atoms with van der Waals surface area (Å²) in [5.41, 5.74) is 1.79. The molecular formula is C20H21FN2O2S2. The van der Waals surface area contributed by atoms with E-state index in [-0.39, 0.29) is 18.1 Å². The molecule has 0 N–H and O–H groups in total. The summed E-state index contributed by atoms with van der Waals surface area (Å²) in [6.07, 6.45) is 2.25. The molecule has 27 heavy (non-hydrogen) atoms. The average Bonchev–Trinajstić information content (AvgIpc) is 2.97. The van der Waals surface area contributed by atoms with Crippen LogP contribution in [0.15, 0.2) is 47.5 Å². The number of hydrogen-bond donors (Lipinski definition) is 0. The van der Waals surface area contributed by atoms with Crippen molar-refractivity contribution >= 4 is 39.2 Å². The lowest BCUT2D eigenvalue weighted by molar-refractivity contribution is -0.117. The van der Waals surface area contributed by atoms with Crippen molar-refractivity contribution in [3.8, 4) is 5.75 Å². The lowest BCUT2D eigenvalue weighted by Gasteiger charge is -2.04. The Morgan fingerprint density at radius 3 is 2.74 bits per heavy atom. The number of rotatable bonds is 7. The molecule has 0 saturated carbocycles. The molecule has 3 aromatic rings. The molecule has 4 nitrogen and oxygen atoms in total. The normalized spacial score (nSPS) is 11.9. The Morgan fingerprint density at radius 1 is 1.26 bits per heavy atom. The number of carbonyl (C=O) groups is 1. The second-order valence-corrected chi connectivity index (χ2v) is 7.90. The van der Waals surface area contributed by atoms with Gasteiger partial charge in [0.2, 0.25) is 0 Å². The Kier molecular flexibility index (Phi) is 6.68. The first-order chi connectivity index (χ1) is 13.1. The topological polar surface area (TPSA) is 43.6 Å². The van der Waals surface area contributed by atoms with Crippen LogP contribution in [0.4, 0.5) is 4.39 Å². The van der Waals surface area contributed by atoms with Gasteiger partial charge in [-0.05, 0) is 49.1 Å². The summed E-state index contributed by atoms with van der Waals surface area (Å²) in [5.74, 6) is 1.17. The number of aromatic nitrogens is 1. The van der Waals surface area contributed by atoms with Gasteiger partial charge in [0.05, 0.1) is 23.2 Å². The van der Waals surface area contributed by atoms with Gasteiger partial charge in [0, 0.05) is 12.3 Å². The summed E-state index contributed by atoms with van der Waals surface area (Å²) in [7, 11) is 0. The van der Waals surface area contributed by atoms with Gasteiger partial charge < -0.3 is 9.30 Å². The van der Waals surface area contributed by atoms with Crippen molar-refractivity contribution in [3.63, 3.8) is 0 Å². The van der Waals surface area contributed by atoms with E-state index >= 15 is 0 Å². The maximum Gasteiger partial charge on any atom is 0.252 e. The third-order valence-electron chi connectivity index (χ3n) is 3.97. The van der Waals surface area contributed by atoms with Crippen molar-refractivity contribution in [1.82, 2.24) is 4.57 Å². The number of hydrogen-bond acceptors (Lipinski definition) is 4. The summed E-state index contributed by atoms with van der Waals surface area (Å²) >= 11 is 3.06. The molecule has 0 aliphatic carbocycles. The van der Waals surface area contributed by atoms with E-state index in [1.54, 1.807) is 17.8 Å². The Bertz CT molecular complexity index is 993. The molecule has 1 heterocycles. The second-order valence-electron chi connectivity index (χ2n) is 5.90. The highest BCUT2D eigenvalue weighted by Gasteiger charge is 2.09. The van der Waals surface area contributed by atoms with E-state index in [9.17, 15) is 9.18 Å². The van der Waals surface area contributed by atoms with Crippen LogP contribution < -0.4 is 9.54 Å². The second kappa shape index (κ2) is 9.19. The molecule has 0 spiro atoms. The molecule has 0 atom stereocenters. The Morgan fingerprint density at radius 2 is 2.04 bits per heavy atom. The fourth-order valence-corrected chi connectivity index (χ4v) is 4.19. The van der Waals surface area contributed by atoms with Gasteiger partial charge in [0.15, 0.2) is 4.80 Å². The number of nitrogens with zero attached hydrogens (tertiary/aromatic N) is 2. The number of benzene rings is 2. The van der Waals surface area contributed by atoms with Crippen molar-refractivity contribution in [1.29, 1.82) is 0 Å². The van der Waals surface area contributed by atoms with E-state index in [1.807, 2.05) is 42.0 Å². The Balaban J connectivity index is 1.88. The number of thiazole rings is 1. The van der Waals surface area contributed by atoms with Crippen LogP contribution >= 0.6 is 23.1 Å². The molecule has 2 aromatic carbocycles. The Hall–Kier alpha value is -2.12. The van der Waals surface area contributed by atoms with Gasteiger partial charge in [0.25, 0.3) is 5.91 Å². The van der Waals surface area contributed by atoms with Gasteiger partial charge in [-0.2, -0.15) is 16.8 Å². The number of carbonyl (C=O) groups excluding carboxylic acids is 1. The molecule has 0 radical (unpaired) electrons. The van der Waals surface area contributed by atoms with Crippen molar-refractivity contribution in [2.45, 2.75) is 19.9 Å². The number of ether oxygens (including phenoxy) is 1. The van der Waals surface area contributed by atoms with Crippen LogP contribution in [0.25, 0.3) is 10.2 Å². The molecule has 1 amide bonds. The van der Waals surface area contributed by atoms with Gasteiger partial charge in [-0.3, -0.25) is 4.79 Å². The minimum absolute atomic E-state index is 0.218. The highest BCUT2D eigenvalue weighted by atomic mass is 32.2. The smallest absolute Gasteiger partial charge is 0.252 e. The average molecular weight is 405 g/mol. The van der Waals surface area contributed by atoms with Gasteiger partial charge in [0.1, 0.15) is 11.6 Å². The molecule has 0 saturated heterocycles. The zero-order chi connectivity index (χ0) is 19.2. The van der Waals surface area contributed by atoms with E-state index in [0.29, 0.717) is 11.4 Å².